The molecule has 0 amide bonds. The predicted octanol–water partition coefficient (Wildman–Crippen LogP) is 2.34. The molecule has 1 heterocycles. The van der Waals surface area contributed by atoms with E-state index in [0.717, 1.165) is 11.3 Å². The van der Waals surface area contributed by atoms with Gasteiger partial charge in [0.2, 0.25) is 0 Å². The summed E-state index contributed by atoms with van der Waals surface area (Å²) in [5, 5.41) is 0. The van der Waals surface area contributed by atoms with E-state index in [1.807, 2.05) is 6.08 Å². The van der Waals surface area contributed by atoms with Crippen molar-refractivity contribution in [1.29, 1.82) is 0 Å². The summed E-state index contributed by atoms with van der Waals surface area (Å²) in [7, 11) is 1.72. The molecule has 0 aliphatic heterocycles. The molecule has 1 rings (SSSR count). The lowest BCUT2D eigenvalue weighted by molar-refractivity contribution is 1.26. The number of imidazole rings is 1. The Balaban J connectivity index is 3.03. The van der Waals surface area contributed by atoms with E-state index in [-0.39, 0.29) is 0 Å². The van der Waals surface area contributed by atoms with Crippen LogP contribution in [0.3, 0.4) is 0 Å². The summed E-state index contributed by atoms with van der Waals surface area (Å²) in [6, 6.07) is 0. The fourth-order valence-electron chi connectivity index (χ4n) is 0.910. The number of aliphatic imine (C=N–C) groups is 1. The Labute approximate surface area is 81.9 Å². The lowest BCUT2D eigenvalue weighted by Gasteiger charge is -1.93. The normalized spacial score (nSPS) is 12.2. The lowest BCUT2D eigenvalue weighted by atomic mass is 10.2. The van der Waals surface area contributed by atoms with Crippen LogP contribution >= 0.6 is 12.2 Å². The van der Waals surface area contributed by atoms with Gasteiger partial charge in [-0.05, 0) is 18.3 Å². The molecule has 0 saturated heterocycles. The molecule has 0 bridgehead atoms. The van der Waals surface area contributed by atoms with Gasteiger partial charge < -0.3 is 9.97 Å². The summed E-state index contributed by atoms with van der Waals surface area (Å²) >= 11 is 4.91. The van der Waals surface area contributed by atoms with Crippen LogP contribution < -0.4 is 0 Å². The number of hydrogen-bond donors (Lipinski definition) is 2. The minimum Gasteiger partial charge on any atom is -0.337 e. The fourth-order valence-corrected chi connectivity index (χ4v) is 1.08. The second kappa shape index (κ2) is 4.57. The summed E-state index contributed by atoms with van der Waals surface area (Å²) < 4.78 is 0.608. The maximum atomic E-state index is 4.91. The first-order valence-corrected chi connectivity index (χ1v) is 4.21. The van der Waals surface area contributed by atoms with Crippen molar-refractivity contribution in [2.24, 2.45) is 4.99 Å². The average Bonchev–Trinajstić information content (AvgIpc) is 2.54. The SMILES string of the molecule is C=C/C(=C\C=NC)c1c[nH]c(=S)[nH]1. The van der Waals surface area contributed by atoms with Crippen LogP contribution in [0.2, 0.25) is 0 Å². The van der Waals surface area contributed by atoms with Crippen LogP contribution in [0.1, 0.15) is 5.69 Å². The van der Waals surface area contributed by atoms with Gasteiger partial charge in [0, 0.05) is 25.0 Å². The highest BCUT2D eigenvalue weighted by Gasteiger charge is 1.96. The fraction of sp³-hybridized carbons (Fsp3) is 0.111. The molecule has 13 heavy (non-hydrogen) atoms. The third kappa shape index (κ3) is 2.52. The van der Waals surface area contributed by atoms with Crippen molar-refractivity contribution in [1.82, 2.24) is 9.97 Å². The van der Waals surface area contributed by atoms with E-state index < -0.39 is 0 Å². The van der Waals surface area contributed by atoms with Crippen molar-refractivity contribution in [3.05, 3.63) is 35.4 Å². The zero-order chi connectivity index (χ0) is 9.68. The van der Waals surface area contributed by atoms with Gasteiger partial charge in [0.1, 0.15) is 0 Å². The van der Waals surface area contributed by atoms with Gasteiger partial charge in [-0.15, -0.1) is 0 Å². The van der Waals surface area contributed by atoms with Crippen LogP contribution in [-0.4, -0.2) is 23.2 Å². The predicted molar refractivity (Wildman–Crippen MR) is 58.6 cm³/mol. The van der Waals surface area contributed by atoms with Crippen molar-refractivity contribution in [3.8, 4) is 0 Å². The summed E-state index contributed by atoms with van der Waals surface area (Å²) in [5.74, 6) is 0. The van der Waals surface area contributed by atoms with Gasteiger partial charge in [-0.1, -0.05) is 12.7 Å². The minimum atomic E-state index is 0.608. The molecule has 0 aromatic carbocycles. The number of aromatic amines is 2. The number of aromatic nitrogens is 2. The van der Waals surface area contributed by atoms with Gasteiger partial charge in [0.15, 0.2) is 4.77 Å². The van der Waals surface area contributed by atoms with E-state index in [1.165, 1.54) is 0 Å². The van der Waals surface area contributed by atoms with Crippen LogP contribution in [0.4, 0.5) is 0 Å². The number of nitrogens with one attached hydrogen (secondary N) is 2. The molecule has 68 valence electrons. The number of H-pyrrole nitrogens is 2. The Bertz CT molecular complexity index is 395. The molecule has 0 aliphatic rings. The smallest absolute Gasteiger partial charge is 0.174 e. The van der Waals surface area contributed by atoms with E-state index in [2.05, 4.69) is 21.5 Å². The molecule has 3 nitrogen and oxygen atoms in total. The zero-order valence-corrected chi connectivity index (χ0v) is 8.19. The van der Waals surface area contributed by atoms with Gasteiger partial charge in [0.05, 0.1) is 5.69 Å². The molecule has 0 unspecified atom stereocenters. The van der Waals surface area contributed by atoms with Gasteiger partial charge in [-0.2, -0.15) is 0 Å². The highest BCUT2D eigenvalue weighted by atomic mass is 32.1. The first-order valence-electron chi connectivity index (χ1n) is 3.81. The molecule has 0 spiro atoms. The number of nitrogens with zero attached hydrogens (tertiary/aromatic N) is 1. The third-order valence-corrected chi connectivity index (χ3v) is 1.75. The Kier molecular flexibility index (Phi) is 3.40. The molecule has 0 atom stereocenters. The quantitative estimate of drug-likeness (QED) is 0.432. The number of rotatable bonds is 3. The molecule has 0 fully saturated rings. The van der Waals surface area contributed by atoms with Crippen LogP contribution in [0.5, 0.6) is 0 Å². The van der Waals surface area contributed by atoms with Crippen molar-refractivity contribution < 1.29 is 0 Å². The van der Waals surface area contributed by atoms with E-state index in [1.54, 1.807) is 25.5 Å². The summed E-state index contributed by atoms with van der Waals surface area (Å²) in [6.07, 6.45) is 7.12. The van der Waals surface area contributed by atoms with Gasteiger partial charge in [0.25, 0.3) is 0 Å². The average molecular weight is 193 g/mol. The first-order chi connectivity index (χ1) is 6.27. The maximum absolute atomic E-state index is 4.91. The van der Waals surface area contributed by atoms with E-state index >= 15 is 0 Å². The topological polar surface area (TPSA) is 43.9 Å². The second-order valence-corrected chi connectivity index (χ2v) is 2.80. The van der Waals surface area contributed by atoms with E-state index in [9.17, 15) is 0 Å². The molecule has 4 heteroatoms. The molecule has 0 aliphatic carbocycles. The first kappa shape index (κ1) is 9.67. The van der Waals surface area contributed by atoms with Crippen LogP contribution in [0.25, 0.3) is 5.57 Å². The molecule has 1 aromatic heterocycles. The Morgan fingerprint density at radius 2 is 2.46 bits per heavy atom. The largest absolute Gasteiger partial charge is 0.337 e. The molecule has 2 N–H and O–H groups in total. The van der Waals surface area contributed by atoms with Crippen molar-refractivity contribution in [2.75, 3.05) is 7.05 Å². The van der Waals surface area contributed by atoms with Crippen LogP contribution in [-0.2, 0) is 0 Å². The van der Waals surface area contributed by atoms with Crippen molar-refractivity contribution in [2.45, 2.75) is 0 Å². The number of allylic oxidation sites excluding steroid dienone is 3. The van der Waals surface area contributed by atoms with Crippen LogP contribution in [0.15, 0.2) is 29.9 Å². The Morgan fingerprint density at radius 1 is 1.69 bits per heavy atom. The van der Waals surface area contributed by atoms with Crippen LogP contribution in [0, 0.1) is 4.77 Å². The van der Waals surface area contributed by atoms with Gasteiger partial charge >= 0.3 is 0 Å². The zero-order valence-electron chi connectivity index (χ0n) is 7.37. The second-order valence-electron chi connectivity index (χ2n) is 2.39. The maximum Gasteiger partial charge on any atom is 0.174 e. The molecule has 0 saturated carbocycles. The van der Waals surface area contributed by atoms with E-state index in [0.29, 0.717) is 4.77 Å². The number of hydrogen-bond acceptors (Lipinski definition) is 2. The van der Waals surface area contributed by atoms with Crippen molar-refractivity contribution in [3.63, 3.8) is 0 Å². The monoisotopic (exact) mass is 193 g/mol. The Hall–Kier alpha value is -1.42. The third-order valence-electron chi connectivity index (χ3n) is 1.53. The summed E-state index contributed by atoms with van der Waals surface area (Å²) in [4.78, 5) is 9.74. The van der Waals surface area contributed by atoms with Crippen molar-refractivity contribution >= 4 is 24.0 Å². The minimum absolute atomic E-state index is 0.608. The molecular weight excluding hydrogens is 182 g/mol. The summed E-state index contributed by atoms with van der Waals surface area (Å²) in [6.45, 7) is 3.70. The molecule has 0 radical (unpaired) electrons. The molecular formula is C9H11N3S. The standard InChI is InChI=1S/C9H11N3S/c1-3-7(4-5-10-2)8-6-11-9(13)12-8/h3-6H,1H2,2H3,(H2,11,12,13)/b7-4+,10-5?. The van der Waals surface area contributed by atoms with Gasteiger partial charge in [-0.25, -0.2) is 0 Å². The Morgan fingerprint density at radius 3 is 2.92 bits per heavy atom. The lowest BCUT2D eigenvalue weighted by Crippen LogP contribution is -1.80. The van der Waals surface area contributed by atoms with Gasteiger partial charge in [-0.3, -0.25) is 4.99 Å². The highest BCUT2D eigenvalue weighted by Crippen LogP contribution is 2.10. The summed E-state index contributed by atoms with van der Waals surface area (Å²) in [5.41, 5.74) is 1.87. The van der Waals surface area contributed by atoms with E-state index in [4.69, 9.17) is 12.2 Å². The highest BCUT2D eigenvalue weighted by molar-refractivity contribution is 7.71. The molecule has 1 aromatic rings.